The molecule has 3 heterocycles. The summed E-state index contributed by atoms with van der Waals surface area (Å²) in [7, 11) is 1.62. The third-order valence-corrected chi connectivity index (χ3v) is 8.46. The molecule has 3 aromatic carbocycles. The highest BCUT2D eigenvalue weighted by Crippen LogP contribution is 2.36. The zero-order chi connectivity index (χ0) is 32.6. The van der Waals surface area contributed by atoms with E-state index >= 15 is 0 Å². The second kappa shape index (κ2) is 15.2. The molecule has 1 unspecified atom stereocenters. The first-order valence-electron chi connectivity index (χ1n) is 15.6. The van der Waals surface area contributed by atoms with Crippen LogP contribution >= 0.6 is 11.6 Å². The van der Waals surface area contributed by atoms with Gasteiger partial charge >= 0.3 is 0 Å². The molecule has 0 bridgehead atoms. The first-order chi connectivity index (χ1) is 23.0. The molecule has 3 N–H and O–H groups in total. The van der Waals surface area contributed by atoms with E-state index in [-0.39, 0.29) is 25.2 Å². The quantitative estimate of drug-likeness (QED) is 0.163. The van der Waals surface area contributed by atoms with Crippen molar-refractivity contribution in [3.8, 4) is 23.3 Å². The van der Waals surface area contributed by atoms with E-state index in [0.717, 1.165) is 54.8 Å². The van der Waals surface area contributed by atoms with Crippen LogP contribution in [0.4, 0.5) is 11.4 Å². The molecule has 1 atom stereocenters. The molecule has 0 saturated carbocycles. The maximum absolute atomic E-state index is 12.9. The van der Waals surface area contributed by atoms with Crippen LogP contribution in [0, 0.1) is 11.3 Å². The van der Waals surface area contributed by atoms with E-state index in [0.29, 0.717) is 57.6 Å². The fourth-order valence-electron chi connectivity index (χ4n) is 5.65. The van der Waals surface area contributed by atoms with Crippen LogP contribution in [0.5, 0.6) is 17.2 Å². The molecule has 0 aliphatic carbocycles. The number of ether oxygens (including phenoxy) is 4. The minimum Gasteiger partial charge on any atom is -0.496 e. The number of piperidine rings is 1. The van der Waals surface area contributed by atoms with Crippen molar-refractivity contribution in [2.45, 2.75) is 38.5 Å². The fourth-order valence-corrected chi connectivity index (χ4v) is 5.88. The normalized spacial score (nSPS) is 15.9. The zero-order valence-corrected chi connectivity index (χ0v) is 26.9. The number of hydrogen-bond donors (Lipinski definition) is 3. The first kappa shape index (κ1) is 32.1. The van der Waals surface area contributed by atoms with Gasteiger partial charge in [0.15, 0.2) is 0 Å². The number of hydrogen-bond acceptors (Lipinski definition) is 9. The predicted octanol–water partition coefficient (Wildman–Crippen LogP) is 6.18. The summed E-state index contributed by atoms with van der Waals surface area (Å²) >= 11 is 6.65. The summed E-state index contributed by atoms with van der Waals surface area (Å²) in [5.74, 6) is 1.71. The molecular weight excluding hydrogens is 618 g/mol. The summed E-state index contributed by atoms with van der Waals surface area (Å²) in [5.41, 5.74) is 5.01. The third kappa shape index (κ3) is 7.95. The van der Waals surface area contributed by atoms with E-state index in [9.17, 15) is 10.1 Å². The Morgan fingerprint density at radius 1 is 1.13 bits per heavy atom. The van der Waals surface area contributed by atoms with Gasteiger partial charge in [-0.05, 0) is 56.3 Å². The minimum atomic E-state index is -0.151. The van der Waals surface area contributed by atoms with Crippen LogP contribution in [0.3, 0.4) is 0 Å². The largest absolute Gasteiger partial charge is 0.496 e. The van der Waals surface area contributed by atoms with Gasteiger partial charge in [0.2, 0.25) is 5.91 Å². The summed E-state index contributed by atoms with van der Waals surface area (Å²) in [6.07, 6.45) is 5.62. The lowest BCUT2D eigenvalue weighted by Crippen LogP contribution is -2.26. The maximum Gasteiger partial charge on any atom is 0.244 e. The van der Waals surface area contributed by atoms with Crippen molar-refractivity contribution in [3.05, 3.63) is 94.2 Å². The summed E-state index contributed by atoms with van der Waals surface area (Å²) in [5, 5.41) is 20.8. The topological polar surface area (TPSA) is 127 Å². The molecule has 2 saturated heterocycles. The number of nitrogens with zero attached hydrogens (tertiary/aromatic N) is 2. The summed E-state index contributed by atoms with van der Waals surface area (Å²) in [6.45, 7) is 3.40. The van der Waals surface area contributed by atoms with Gasteiger partial charge in [0.25, 0.3) is 0 Å². The highest BCUT2D eigenvalue weighted by atomic mass is 35.5. The second-order valence-electron chi connectivity index (χ2n) is 11.4. The Labute approximate surface area is 278 Å². The predicted molar refractivity (Wildman–Crippen MR) is 180 cm³/mol. The zero-order valence-electron chi connectivity index (χ0n) is 26.1. The molecular formula is C36H36ClN5O5. The van der Waals surface area contributed by atoms with Crippen molar-refractivity contribution < 1.29 is 23.7 Å². The van der Waals surface area contributed by atoms with E-state index in [1.54, 1.807) is 25.3 Å². The number of fused-ring (bicyclic) bond motifs is 1. The van der Waals surface area contributed by atoms with Gasteiger partial charge in [-0.1, -0.05) is 35.4 Å². The van der Waals surface area contributed by atoms with Crippen molar-refractivity contribution >= 4 is 39.8 Å². The Kier molecular flexibility index (Phi) is 10.4. The van der Waals surface area contributed by atoms with Gasteiger partial charge in [-0.15, -0.1) is 0 Å². The van der Waals surface area contributed by atoms with E-state index in [1.165, 1.54) is 6.20 Å². The Balaban J connectivity index is 1.27. The molecule has 10 nitrogen and oxygen atoms in total. The van der Waals surface area contributed by atoms with Crippen LogP contribution in [0.1, 0.15) is 36.0 Å². The molecule has 47 heavy (non-hydrogen) atoms. The Bertz CT molecular complexity index is 1830. The lowest BCUT2D eigenvalue weighted by Gasteiger charge is -2.19. The molecule has 11 heteroatoms. The fraction of sp³-hybridized carbons (Fsp3) is 0.306. The van der Waals surface area contributed by atoms with Gasteiger partial charge in [0, 0.05) is 53.5 Å². The monoisotopic (exact) mass is 653 g/mol. The number of halogens is 1. The minimum absolute atomic E-state index is 0.0967. The van der Waals surface area contributed by atoms with Crippen LogP contribution < -0.4 is 30.2 Å². The number of carbonyl (C=O) groups is 1. The summed E-state index contributed by atoms with van der Waals surface area (Å²) < 4.78 is 23.3. The molecule has 0 spiro atoms. The summed E-state index contributed by atoms with van der Waals surface area (Å²) in [4.78, 5) is 17.4. The molecule has 1 aromatic heterocycles. The molecule has 0 radical (unpaired) electrons. The van der Waals surface area contributed by atoms with Gasteiger partial charge in [0.05, 0.1) is 42.1 Å². The molecule has 2 aliphatic rings. The van der Waals surface area contributed by atoms with E-state index in [1.807, 2.05) is 42.5 Å². The van der Waals surface area contributed by atoms with Gasteiger partial charge in [-0.3, -0.25) is 9.78 Å². The molecule has 6 rings (SSSR count). The lowest BCUT2D eigenvalue weighted by molar-refractivity contribution is -0.116. The van der Waals surface area contributed by atoms with E-state index in [2.05, 4.69) is 27.0 Å². The number of nitrogens with one attached hydrogen (secondary N) is 3. The Morgan fingerprint density at radius 3 is 2.74 bits per heavy atom. The Hall–Kier alpha value is -4.82. The lowest BCUT2D eigenvalue weighted by atomic mass is 10.0. The number of benzene rings is 3. The third-order valence-electron chi connectivity index (χ3n) is 8.16. The molecule has 242 valence electrons. The highest BCUT2D eigenvalue weighted by Gasteiger charge is 2.21. The number of pyridine rings is 1. The van der Waals surface area contributed by atoms with Crippen LogP contribution in [-0.2, 0) is 22.7 Å². The van der Waals surface area contributed by atoms with Crippen LogP contribution in [0.15, 0.2) is 72.4 Å². The number of carbonyl (C=O) groups excluding carboxylic acids is 1. The number of nitriles is 1. The second-order valence-corrected chi connectivity index (χ2v) is 11.8. The molecule has 2 fully saturated rings. The van der Waals surface area contributed by atoms with Crippen molar-refractivity contribution in [2.75, 3.05) is 38.7 Å². The van der Waals surface area contributed by atoms with E-state index in [4.69, 9.17) is 30.5 Å². The average molecular weight is 654 g/mol. The number of anilines is 2. The number of amides is 1. The van der Waals surface area contributed by atoms with Crippen LogP contribution in [0.2, 0.25) is 5.02 Å². The smallest absolute Gasteiger partial charge is 0.244 e. The van der Waals surface area contributed by atoms with Gasteiger partial charge in [-0.2, -0.15) is 5.26 Å². The van der Waals surface area contributed by atoms with Crippen molar-refractivity contribution in [1.29, 1.82) is 5.26 Å². The summed E-state index contributed by atoms with van der Waals surface area (Å²) in [6, 6.07) is 19.0. The number of methoxy groups -OCH3 is 1. The van der Waals surface area contributed by atoms with Gasteiger partial charge < -0.3 is 34.9 Å². The van der Waals surface area contributed by atoms with Crippen molar-refractivity contribution in [2.24, 2.45) is 0 Å². The molecule has 4 aromatic rings. The maximum atomic E-state index is 12.9. The SMILES string of the molecule is COc1ccccc1COc1ccc(Nc2c(C#N)cnc3cc(OC4CCOC4)c(CNC(=O)C=C4CCNCC4)cc23)cc1Cl. The van der Waals surface area contributed by atoms with Crippen molar-refractivity contribution in [3.63, 3.8) is 0 Å². The van der Waals surface area contributed by atoms with Gasteiger partial charge in [0.1, 0.15) is 36.0 Å². The Morgan fingerprint density at radius 2 is 1.98 bits per heavy atom. The number of rotatable bonds is 11. The standard InChI is InChI=1S/C36H36ClN5O5/c1-44-32-5-3-2-4-24(32)21-46-33-7-6-27(16-30(33)37)42-36-26(18-38)20-40-31-17-34(47-28-10-13-45-22-28)25(15-29(31)36)19-41-35(43)14-23-8-11-39-12-9-23/h2-7,14-17,20,28,39H,8-13,19,21-22H2,1H3,(H,40,42)(H,41,43). The van der Waals surface area contributed by atoms with Crippen molar-refractivity contribution in [1.82, 2.24) is 15.6 Å². The number of para-hydroxylation sites is 1. The van der Waals surface area contributed by atoms with E-state index < -0.39 is 0 Å². The molecule has 1 amide bonds. The van der Waals surface area contributed by atoms with Crippen LogP contribution in [-0.4, -0.2) is 50.4 Å². The van der Waals surface area contributed by atoms with Crippen LogP contribution in [0.25, 0.3) is 10.9 Å². The molecule has 2 aliphatic heterocycles. The van der Waals surface area contributed by atoms with Gasteiger partial charge in [-0.25, -0.2) is 0 Å². The number of aromatic nitrogens is 1. The first-order valence-corrected chi connectivity index (χ1v) is 16.0. The highest BCUT2D eigenvalue weighted by molar-refractivity contribution is 6.32. The average Bonchev–Trinajstić information content (AvgIpc) is 3.61.